The first-order chi connectivity index (χ1) is 11.0. The summed E-state index contributed by atoms with van der Waals surface area (Å²) >= 11 is 0. The minimum absolute atomic E-state index is 0.247. The van der Waals surface area contributed by atoms with Crippen molar-refractivity contribution >= 4 is 28.3 Å². The van der Waals surface area contributed by atoms with E-state index in [9.17, 15) is 14.7 Å². The maximum atomic E-state index is 12.4. The molecular weight excluding hydrogens is 292 g/mol. The highest BCUT2D eigenvalue weighted by Crippen LogP contribution is 2.23. The Balaban J connectivity index is 2.09. The number of hydrogen-bond donors (Lipinski definition) is 3. The molecule has 3 N–H and O–H groups in total. The van der Waals surface area contributed by atoms with Crippen molar-refractivity contribution < 1.29 is 14.7 Å². The van der Waals surface area contributed by atoms with Crippen LogP contribution in [0.5, 0.6) is 0 Å². The van der Waals surface area contributed by atoms with E-state index in [2.05, 4.69) is 10.6 Å². The van der Waals surface area contributed by atoms with Gasteiger partial charge in [-0.2, -0.15) is 0 Å². The van der Waals surface area contributed by atoms with Crippen molar-refractivity contribution in [3.05, 3.63) is 42.5 Å². The number of carbonyl (C=O) groups excluding carboxylic acids is 1. The van der Waals surface area contributed by atoms with E-state index in [0.29, 0.717) is 6.42 Å². The Morgan fingerprint density at radius 2 is 1.83 bits per heavy atom. The van der Waals surface area contributed by atoms with Gasteiger partial charge in [0.15, 0.2) is 0 Å². The molecule has 2 aromatic carbocycles. The predicted molar refractivity (Wildman–Crippen MR) is 91.5 cm³/mol. The first-order valence-corrected chi connectivity index (χ1v) is 7.80. The van der Waals surface area contributed by atoms with Gasteiger partial charge in [0, 0.05) is 11.1 Å². The number of rotatable bonds is 7. The molecule has 0 aromatic heterocycles. The van der Waals surface area contributed by atoms with E-state index < -0.39 is 18.1 Å². The second-order valence-corrected chi connectivity index (χ2v) is 5.58. The van der Waals surface area contributed by atoms with Gasteiger partial charge in [-0.05, 0) is 24.8 Å². The van der Waals surface area contributed by atoms with Crippen molar-refractivity contribution in [2.24, 2.45) is 0 Å². The molecule has 2 aromatic rings. The lowest BCUT2D eigenvalue weighted by Crippen LogP contribution is -2.47. The van der Waals surface area contributed by atoms with Crippen molar-refractivity contribution in [2.45, 2.75) is 38.8 Å². The van der Waals surface area contributed by atoms with Gasteiger partial charge in [0.25, 0.3) is 0 Å². The van der Waals surface area contributed by atoms with Crippen LogP contribution in [-0.4, -0.2) is 29.1 Å². The van der Waals surface area contributed by atoms with Gasteiger partial charge in [-0.15, -0.1) is 0 Å². The van der Waals surface area contributed by atoms with Crippen LogP contribution in [0.1, 0.15) is 26.7 Å². The van der Waals surface area contributed by atoms with E-state index in [1.54, 1.807) is 6.92 Å². The number of fused-ring (bicyclic) bond motifs is 1. The average molecular weight is 314 g/mol. The predicted octanol–water partition coefficient (Wildman–Crippen LogP) is 3.01. The molecule has 1 amide bonds. The number of carboxylic acid groups (broad SMARTS) is 1. The van der Waals surface area contributed by atoms with Gasteiger partial charge >= 0.3 is 5.97 Å². The molecule has 5 nitrogen and oxygen atoms in total. The van der Waals surface area contributed by atoms with Crippen LogP contribution >= 0.6 is 0 Å². The fraction of sp³-hybridized carbons (Fsp3) is 0.333. The number of hydrogen-bond acceptors (Lipinski definition) is 3. The molecule has 0 saturated carbocycles. The molecule has 122 valence electrons. The molecule has 2 atom stereocenters. The van der Waals surface area contributed by atoms with Gasteiger partial charge in [0.2, 0.25) is 5.91 Å². The number of carboxylic acids is 1. The van der Waals surface area contributed by atoms with Crippen LogP contribution < -0.4 is 10.6 Å². The van der Waals surface area contributed by atoms with Crippen LogP contribution in [-0.2, 0) is 9.59 Å². The fourth-order valence-corrected chi connectivity index (χ4v) is 2.52. The summed E-state index contributed by atoms with van der Waals surface area (Å²) in [6, 6.07) is 12.2. The quantitative estimate of drug-likeness (QED) is 0.734. The highest BCUT2D eigenvalue weighted by Gasteiger charge is 2.22. The molecule has 0 bridgehead atoms. The first kappa shape index (κ1) is 17.0. The number of aliphatic carboxylic acids is 1. The van der Waals surface area contributed by atoms with E-state index in [1.807, 2.05) is 49.4 Å². The SMILES string of the molecule is CCCC(NC(C)C(=O)Nc1cccc2ccccc12)C(=O)O. The third kappa shape index (κ3) is 4.29. The zero-order valence-corrected chi connectivity index (χ0v) is 13.4. The van der Waals surface area contributed by atoms with Gasteiger partial charge in [-0.25, -0.2) is 0 Å². The standard InChI is InChI=1S/C18H22N2O3/c1-3-7-16(18(22)23)19-12(2)17(21)20-15-11-6-9-13-8-4-5-10-14(13)15/h4-6,8-12,16,19H,3,7H2,1-2H3,(H,20,21)(H,22,23). The Bertz CT molecular complexity index is 694. The summed E-state index contributed by atoms with van der Waals surface area (Å²) in [4.78, 5) is 23.5. The summed E-state index contributed by atoms with van der Waals surface area (Å²) in [7, 11) is 0. The second-order valence-electron chi connectivity index (χ2n) is 5.58. The zero-order chi connectivity index (χ0) is 16.8. The summed E-state index contributed by atoms with van der Waals surface area (Å²) in [5, 5.41) is 16.9. The summed E-state index contributed by atoms with van der Waals surface area (Å²) in [5.74, 6) is -1.18. The summed E-state index contributed by atoms with van der Waals surface area (Å²) in [6.45, 7) is 3.59. The number of benzene rings is 2. The van der Waals surface area contributed by atoms with Gasteiger partial charge in [-0.1, -0.05) is 49.7 Å². The maximum Gasteiger partial charge on any atom is 0.320 e. The smallest absolute Gasteiger partial charge is 0.320 e. The van der Waals surface area contributed by atoms with Crippen LogP contribution in [0.4, 0.5) is 5.69 Å². The molecule has 2 unspecified atom stereocenters. The van der Waals surface area contributed by atoms with E-state index in [0.717, 1.165) is 22.9 Å². The van der Waals surface area contributed by atoms with Crippen LogP contribution in [0, 0.1) is 0 Å². The van der Waals surface area contributed by atoms with Crippen molar-refractivity contribution in [2.75, 3.05) is 5.32 Å². The minimum atomic E-state index is -0.934. The first-order valence-electron chi connectivity index (χ1n) is 7.80. The Morgan fingerprint density at radius 1 is 1.13 bits per heavy atom. The van der Waals surface area contributed by atoms with Gasteiger partial charge in [0.1, 0.15) is 6.04 Å². The topological polar surface area (TPSA) is 78.4 Å². The molecule has 0 spiro atoms. The van der Waals surface area contributed by atoms with Crippen LogP contribution in [0.2, 0.25) is 0 Å². The molecule has 0 fully saturated rings. The molecule has 0 aliphatic rings. The second kappa shape index (κ2) is 7.74. The molecule has 0 saturated heterocycles. The Labute approximate surface area is 135 Å². The summed E-state index contributed by atoms with van der Waals surface area (Å²) in [6.07, 6.45) is 1.23. The zero-order valence-electron chi connectivity index (χ0n) is 13.4. The van der Waals surface area contributed by atoms with Crippen LogP contribution in [0.25, 0.3) is 10.8 Å². The largest absolute Gasteiger partial charge is 0.480 e. The molecule has 0 radical (unpaired) electrons. The Morgan fingerprint density at radius 3 is 2.52 bits per heavy atom. The Kier molecular flexibility index (Phi) is 5.71. The third-order valence-electron chi connectivity index (χ3n) is 3.77. The molecule has 0 aliphatic heterocycles. The lowest BCUT2D eigenvalue weighted by molar-refractivity contribution is -0.140. The van der Waals surface area contributed by atoms with Crippen molar-refractivity contribution in [1.29, 1.82) is 0 Å². The van der Waals surface area contributed by atoms with Gasteiger partial charge < -0.3 is 10.4 Å². The Hall–Kier alpha value is -2.40. The van der Waals surface area contributed by atoms with Crippen LogP contribution in [0.15, 0.2) is 42.5 Å². The monoisotopic (exact) mass is 314 g/mol. The maximum absolute atomic E-state index is 12.4. The van der Waals surface area contributed by atoms with Crippen molar-refractivity contribution in [1.82, 2.24) is 5.32 Å². The number of nitrogens with one attached hydrogen (secondary N) is 2. The number of amides is 1. The van der Waals surface area contributed by atoms with E-state index in [1.165, 1.54) is 0 Å². The molecule has 23 heavy (non-hydrogen) atoms. The molecule has 5 heteroatoms. The summed E-state index contributed by atoms with van der Waals surface area (Å²) < 4.78 is 0. The van der Waals surface area contributed by atoms with Crippen LogP contribution in [0.3, 0.4) is 0 Å². The molecule has 2 rings (SSSR count). The highest BCUT2D eigenvalue weighted by atomic mass is 16.4. The lowest BCUT2D eigenvalue weighted by Gasteiger charge is -2.19. The normalized spacial score (nSPS) is 13.5. The molecule has 0 aliphatic carbocycles. The minimum Gasteiger partial charge on any atom is -0.480 e. The lowest BCUT2D eigenvalue weighted by atomic mass is 10.1. The fourth-order valence-electron chi connectivity index (χ4n) is 2.52. The van der Waals surface area contributed by atoms with Gasteiger partial charge in [-0.3, -0.25) is 14.9 Å². The third-order valence-corrected chi connectivity index (χ3v) is 3.77. The summed E-state index contributed by atoms with van der Waals surface area (Å²) in [5.41, 5.74) is 0.726. The van der Waals surface area contributed by atoms with Gasteiger partial charge in [0.05, 0.1) is 6.04 Å². The van der Waals surface area contributed by atoms with E-state index >= 15 is 0 Å². The van der Waals surface area contributed by atoms with E-state index in [4.69, 9.17) is 0 Å². The highest BCUT2D eigenvalue weighted by molar-refractivity contribution is 6.03. The van der Waals surface area contributed by atoms with E-state index in [-0.39, 0.29) is 5.91 Å². The van der Waals surface area contributed by atoms with Crippen molar-refractivity contribution in [3.63, 3.8) is 0 Å². The average Bonchev–Trinajstić information content (AvgIpc) is 2.54. The molecular formula is C18H22N2O3. The number of anilines is 1. The number of carbonyl (C=O) groups is 2. The molecule has 0 heterocycles. The van der Waals surface area contributed by atoms with Crippen molar-refractivity contribution in [3.8, 4) is 0 Å².